The normalized spacial score (nSPS) is 10.0. The average Bonchev–Trinajstić information content (AvgIpc) is 2.60. The molecule has 0 saturated carbocycles. The maximum Gasteiger partial charge on any atom is 0.239 e. The lowest BCUT2D eigenvalue weighted by atomic mass is 10.2. The van der Waals surface area contributed by atoms with E-state index in [9.17, 15) is 4.79 Å². The molecule has 0 heterocycles. The van der Waals surface area contributed by atoms with Crippen molar-refractivity contribution in [3.8, 4) is 11.5 Å². The highest BCUT2D eigenvalue weighted by Crippen LogP contribution is 2.23. The first kappa shape index (κ1) is 16.7. The third kappa shape index (κ3) is 5.21. The van der Waals surface area contributed by atoms with Crippen LogP contribution in [0.25, 0.3) is 0 Å². The maximum atomic E-state index is 11.9. The zero-order chi connectivity index (χ0) is 16.5. The molecule has 1 amide bonds. The van der Waals surface area contributed by atoms with Crippen LogP contribution >= 0.6 is 0 Å². The van der Waals surface area contributed by atoms with Crippen LogP contribution in [0, 0.1) is 0 Å². The van der Waals surface area contributed by atoms with Gasteiger partial charge in [0.2, 0.25) is 5.91 Å². The number of nitrogens with one attached hydrogen (secondary N) is 2. The van der Waals surface area contributed by atoms with Crippen LogP contribution < -0.4 is 20.1 Å². The van der Waals surface area contributed by atoms with E-state index in [1.807, 2.05) is 55.5 Å². The lowest BCUT2D eigenvalue weighted by Crippen LogP contribution is -2.29. The SMILES string of the molecule is CCOc1ccccc1NCC(=O)NCc1ccc(OC)cc1. The molecule has 0 radical (unpaired) electrons. The van der Waals surface area contributed by atoms with Gasteiger partial charge in [-0.3, -0.25) is 4.79 Å². The first-order chi connectivity index (χ1) is 11.2. The fraction of sp³-hybridized carbons (Fsp3) is 0.278. The van der Waals surface area contributed by atoms with Crippen molar-refractivity contribution in [2.24, 2.45) is 0 Å². The van der Waals surface area contributed by atoms with Crippen LogP contribution in [-0.4, -0.2) is 26.2 Å². The molecule has 5 heteroatoms. The van der Waals surface area contributed by atoms with Gasteiger partial charge in [0, 0.05) is 6.54 Å². The summed E-state index contributed by atoms with van der Waals surface area (Å²) in [5.74, 6) is 1.47. The van der Waals surface area contributed by atoms with Crippen molar-refractivity contribution >= 4 is 11.6 Å². The molecule has 2 aromatic rings. The molecule has 2 N–H and O–H groups in total. The van der Waals surface area contributed by atoms with E-state index in [0.29, 0.717) is 13.2 Å². The van der Waals surface area contributed by atoms with Crippen LogP contribution in [-0.2, 0) is 11.3 Å². The molecule has 23 heavy (non-hydrogen) atoms. The van der Waals surface area contributed by atoms with Gasteiger partial charge in [-0.05, 0) is 36.8 Å². The maximum absolute atomic E-state index is 11.9. The summed E-state index contributed by atoms with van der Waals surface area (Å²) in [6.45, 7) is 3.19. The Labute approximate surface area is 136 Å². The molecule has 122 valence electrons. The molecule has 0 bridgehead atoms. The summed E-state index contributed by atoms with van der Waals surface area (Å²) >= 11 is 0. The standard InChI is InChI=1S/C18H22N2O3/c1-3-23-17-7-5-4-6-16(17)19-13-18(21)20-12-14-8-10-15(22-2)11-9-14/h4-11,19H,3,12-13H2,1-2H3,(H,20,21). The third-order valence-electron chi connectivity index (χ3n) is 3.28. The molecule has 0 unspecified atom stereocenters. The number of benzene rings is 2. The van der Waals surface area contributed by atoms with E-state index in [-0.39, 0.29) is 12.5 Å². The Hall–Kier alpha value is -2.69. The third-order valence-corrected chi connectivity index (χ3v) is 3.28. The fourth-order valence-corrected chi connectivity index (χ4v) is 2.08. The second-order valence-corrected chi connectivity index (χ2v) is 4.91. The van der Waals surface area contributed by atoms with Crippen LogP contribution in [0.15, 0.2) is 48.5 Å². The number of carbonyl (C=O) groups excluding carboxylic acids is 1. The molecule has 0 aliphatic heterocycles. The number of hydrogen-bond acceptors (Lipinski definition) is 4. The van der Waals surface area contributed by atoms with E-state index in [0.717, 1.165) is 22.7 Å². The molecule has 5 nitrogen and oxygen atoms in total. The number of methoxy groups -OCH3 is 1. The summed E-state index contributed by atoms with van der Waals surface area (Å²) in [6.07, 6.45) is 0. The molecule has 0 saturated heterocycles. The summed E-state index contributed by atoms with van der Waals surface area (Å²) in [5, 5.41) is 5.97. The number of hydrogen-bond donors (Lipinski definition) is 2. The first-order valence-electron chi connectivity index (χ1n) is 7.58. The second-order valence-electron chi connectivity index (χ2n) is 4.91. The Morgan fingerprint density at radius 3 is 2.52 bits per heavy atom. The van der Waals surface area contributed by atoms with Crippen LogP contribution in [0.5, 0.6) is 11.5 Å². The van der Waals surface area contributed by atoms with Crippen molar-refractivity contribution < 1.29 is 14.3 Å². The molecule has 0 aliphatic carbocycles. The zero-order valence-corrected chi connectivity index (χ0v) is 13.5. The summed E-state index contributed by atoms with van der Waals surface area (Å²) in [6, 6.07) is 15.2. The fourth-order valence-electron chi connectivity index (χ4n) is 2.08. The van der Waals surface area contributed by atoms with Crippen LogP contribution in [0.2, 0.25) is 0 Å². The highest BCUT2D eigenvalue weighted by Gasteiger charge is 2.05. The molecule has 0 atom stereocenters. The topological polar surface area (TPSA) is 59.6 Å². The summed E-state index contributed by atoms with van der Waals surface area (Å²) in [5.41, 5.74) is 1.84. The van der Waals surface area contributed by atoms with Gasteiger partial charge in [-0.15, -0.1) is 0 Å². The Bertz CT molecular complexity index is 626. The van der Waals surface area contributed by atoms with E-state index in [1.165, 1.54) is 0 Å². The Kier molecular flexibility index (Phi) is 6.29. The minimum absolute atomic E-state index is 0.0767. The van der Waals surface area contributed by atoms with Gasteiger partial charge in [0.05, 0.1) is 25.9 Å². The van der Waals surface area contributed by atoms with E-state index >= 15 is 0 Å². The van der Waals surface area contributed by atoms with Gasteiger partial charge in [0.1, 0.15) is 11.5 Å². The summed E-state index contributed by atoms with van der Waals surface area (Å²) < 4.78 is 10.6. The monoisotopic (exact) mass is 314 g/mol. The molecular formula is C18H22N2O3. The highest BCUT2D eigenvalue weighted by atomic mass is 16.5. The number of anilines is 1. The zero-order valence-electron chi connectivity index (χ0n) is 13.5. The Balaban J connectivity index is 1.81. The minimum Gasteiger partial charge on any atom is -0.497 e. The Morgan fingerprint density at radius 2 is 1.83 bits per heavy atom. The van der Waals surface area contributed by atoms with E-state index in [2.05, 4.69) is 10.6 Å². The summed E-state index contributed by atoms with van der Waals surface area (Å²) in [7, 11) is 1.63. The van der Waals surface area contributed by atoms with Crippen LogP contribution in [0.3, 0.4) is 0 Å². The lowest BCUT2D eigenvalue weighted by molar-refractivity contribution is -0.119. The van der Waals surface area contributed by atoms with Crippen molar-refractivity contribution in [3.05, 3.63) is 54.1 Å². The first-order valence-corrected chi connectivity index (χ1v) is 7.58. The highest BCUT2D eigenvalue weighted by molar-refractivity contribution is 5.81. The van der Waals surface area contributed by atoms with Gasteiger partial charge in [-0.25, -0.2) is 0 Å². The van der Waals surface area contributed by atoms with Crippen molar-refractivity contribution in [2.45, 2.75) is 13.5 Å². The number of carbonyl (C=O) groups is 1. The smallest absolute Gasteiger partial charge is 0.239 e. The van der Waals surface area contributed by atoms with Crippen molar-refractivity contribution in [3.63, 3.8) is 0 Å². The molecule has 0 fully saturated rings. The number of amides is 1. The van der Waals surface area contributed by atoms with Crippen molar-refractivity contribution in [1.82, 2.24) is 5.32 Å². The van der Waals surface area contributed by atoms with Gasteiger partial charge >= 0.3 is 0 Å². The van der Waals surface area contributed by atoms with Gasteiger partial charge in [-0.2, -0.15) is 0 Å². The van der Waals surface area contributed by atoms with Crippen molar-refractivity contribution in [2.75, 3.05) is 25.6 Å². The predicted molar refractivity (Wildman–Crippen MR) is 90.9 cm³/mol. The number of para-hydroxylation sites is 2. The van der Waals surface area contributed by atoms with Crippen LogP contribution in [0.1, 0.15) is 12.5 Å². The molecular weight excluding hydrogens is 292 g/mol. The molecule has 2 aromatic carbocycles. The quantitative estimate of drug-likeness (QED) is 0.786. The summed E-state index contributed by atoms with van der Waals surface area (Å²) in [4.78, 5) is 11.9. The molecule has 0 aromatic heterocycles. The average molecular weight is 314 g/mol. The van der Waals surface area contributed by atoms with E-state index in [4.69, 9.17) is 9.47 Å². The van der Waals surface area contributed by atoms with Gasteiger partial charge in [-0.1, -0.05) is 24.3 Å². The largest absolute Gasteiger partial charge is 0.497 e. The number of rotatable bonds is 8. The van der Waals surface area contributed by atoms with Gasteiger partial charge in [0.15, 0.2) is 0 Å². The molecule has 2 rings (SSSR count). The Morgan fingerprint density at radius 1 is 1.09 bits per heavy atom. The minimum atomic E-state index is -0.0767. The van der Waals surface area contributed by atoms with E-state index in [1.54, 1.807) is 7.11 Å². The van der Waals surface area contributed by atoms with Crippen molar-refractivity contribution in [1.29, 1.82) is 0 Å². The second kappa shape index (κ2) is 8.68. The predicted octanol–water partition coefficient (Wildman–Crippen LogP) is 2.82. The van der Waals surface area contributed by atoms with Gasteiger partial charge < -0.3 is 20.1 Å². The van der Waals surface area contributed by atoms with E-state index < -0.39 is 0 Å². The lowest BCUT2D eigenvalue weighted by Gasteiger charge is -2.12. The van der Waals surface area contributed by atoms with Gasteiger partial charge in [0.25, 0.3) is 0 Å². The number of ether oxygens (including phenoxy) is 2. The molecule has 0 spiro atoms. The van der Waals surface area contributed by atoms with Crippen LogP contribution in [0.4, 0.5) is 5.69 Å². The molecule has 0 aliphatic rings.